The van der Waals surface area contributed by atoms with E-state index in [4.69, 9.17) is 4.74 Å². The molecular weight excluding hydrogens is 379 g/mol. The Hall–Kier alpha value is -2.76. The van der Waals surface area contributed by atoms with Crippen molar-refractivity contribution in [1.29, 1.82) is 0 Å². The molecule has 154 valence electrons. The molecule has 0 spiro atoms. The lowest BCUT2D eigenvalue weighted by Gasteiger charge is -2.35. The largest absolute Gasteiger partial charge is 0.378 e. The first-order valence-corrected chi connectivity index (χ1v) is 10.5. The van der Waals surface area contributed by atoms with Gasteiger partial charge in [-0.3, -0.25) is 4.79 Å². The number of rotatable bonds is 3. The molecule has 5 rings (SSSR count). The molecule has 0 aromatic heterocycles. The predicted molar refractivity (Wildman–Crippen MR) is 117 cm³/mol. The van der Waals surface area contributed by atoms with Crippen LogP contribution in [0, 0.1) is 5.82 Å². The van der Waals surface area contributed by atoms with Crippen LogP contribution in [0.5, 0.6) is 0 Å². The van der Waals surface area contributed by atoms with Gasteiger partial charge in [0.15, 0.2) is 6.29 Å². The zero-order valence-corrected chi connectivity index (χ0v) is 17.1. The Morgan fingerprint density at radius 3 is 2.63 bits per heavy atom. The smallest absolute Gasteiger partial charge is 0.150 e. The highest BCUT2D eigenvalue weighted by molar-refractivity contribution is 6.00. The summed E-state index contributed by atoms with van der Waals surface area (Å²) in [6.45, 7) is 5.08. The van der Waals surface area contributed by atoms with E-state index in [-0.39, 0.29) is 11.7 Å². The van der Waals surface area contributed by atoms with Gasteiger partial charge in [0.1, 0.15) is 5.82 Å². The normalized spacial score (nSPS) is 19.7. The van der Waals surface area contributed by atoms with Gasteiger partial charge >= 0.3 is 0 Å². The lowest BCUT2D eigenvalue weighted by molar-refractivity contribution is 0.112. The lowest BCUT2D eigenvalue weighted by Crippen LogP contribution is -2.37. The van der Waals surface area contributed by atoms with E-state index in [0.717, 1.165) is 62.0 Å². The summed E-state index contributed by atoms with van der Waals surface area (Å²) < 4.78 is 19.1. The highest BCUT2D eigenvalue weighted by Crippen LogP contribution is 2.38. The highest BCUT2D eigenvalue weighted by atomic mass is 19.1. The first-order valence-electron chi connectivity index (χ1n) is 10.5. The summed E-state index contributed by atoms with van der Waals surface area (Å²) in [5.41, 5.74) is 5.48. The molecule has 3 aromatic rings. The summed E-state index contributed by atoms with van der Waals surface area (Å²) in [6.07, 6.45) is 0.923. The van der Waals surface area contributed by atoms with E-state index in [1.807, 2.05) is 12.1 Å². The first-order chi connectivity index (χ1) is 14.6. The monoisotopic (exact) mass is 404 g/mol. The van der Waals surface area contributed by atoms with E-state index in [1.165, 1.54) is 28.9 Å². The molecule has 3 aromatic carbocycles. The number of benzene rings is 3. The van der Waals surface area contributed by atoms with Gasteiger partial charge in [0.25, 0.3) is 0 Å². The second-order valence-corrected chi connectivity index (χ2v) is 8.28. The number of fused-ring (bicyclic) bond motifs is 2. The molecule has 0 radical (unpaired) electrons. The second kappa shape index (κ2) is 7.82. The van der Waals surface area contributed by atoms with Crippen LogP contribution in [0.25, 0.3) is 10.8 Å². The molecule has 0 bridgehead atoms. The molecule has 2 heterocycles. The maximum atomic E-state index is 13.7. The number of hydrogen-bond acceptors (Lipinski definition) is 4. The van der Waals surface area contributed by atoms with Crippen LogP contribution >= 0.6 is 0 Å². The predicted octanol–water partition coefficient (Wildman–Crippen LogP) is 4.21. The van der Waals surface area contributed by atoms with E-state index in [1.54, 1.807) is 6.07 Å². The Morgan fingerprint density at radius 2 is 1.83 bits per heavy atom. The molecular formula is C25H25FN2O2. The molecule has 2 aliphatic heterocycles. The van der Waals surface area contributed by atoms with Gasteiger partial charge in [0.2, 0.25) is 0 Å². The SMILES string of the molecule is CN1Cc2cc(N3CCOCC3)ccc2C(c2ccc3cc(F)ccc3c2C=O)C1. The summed E-state index contributed by atoms with van der Waals surface area (Å²) in [7, 11) is 2.12. The van der Waals surface area contributed by atoms with Crippen LogP contribution < -0.4 is 4.90 Å². The molecule has 5 heteroatoms. The van der Waals surface area contributed by atoms with Gasteiger partial charge in [-0.1, -0.05) is 24.3 Å². The fourth-order valence-electron chi connectivity index (χ4n) is 4.90. The van der Waals surface area contributed by atoms with E-state index in [2.05, 4.69) is 35.0 Å². The van der Waals surface area contributed by atoms with Crippen molar-refractivity contribution in [3.05, 3.63) is 76.6 Å². The Balaban J connectivity index is 1.59. The summed E-state index contributed by atoms with van der Waals surface area (Å²) in [6, 6.07) is 15.3. The third-order valence-electron chi connectivity index (χ3n) is 6.36. The third-order valence-corrected chi connectivity index (χ3v) is 6.36. The fraction of sp³-hybridized carbons (Fsp3) is 0.320. The maximum Gasteiger partial charge on any atom is 0.150 e. The molecule has 1 saturated heterocycles. The number of carbonyl (C=O) groups excluding carboxylic acids is 1. The molecule has 30 heavy (non-hydrogen) atoms. The Kier molecular flexibility index (Phi) is 5.01. The molecule has 2 aliphatic rings. The zero-order chi connectivity index (χ0) is 20.7. The Bertz CT molecular complexity index is 1110. The molecule has 4 nitrogen and oxygen atoms in total. The van der Waals surface area contributed by atoms with Gasteiger partial charge < -0.3 is 14.5 Å². The van der Waals surface area contributed by atoms with Crippen molar-refractivity contribution in [3.63, 3.8) is 0 Å². The number of nitrogens with zero attached hydrogens (tertiary/aromatic N) is 2. The number of ether oxygens (including phenoxy) is 1. The van der Waals surface area contributed by atoms with Gasteiger partial charge in [-0.2, -0.15) is 0 Å². The average molecular weight is 404 g/mol. The van der Waals surface area contributed by atoms with Crippen LogP contribution in [-0.2, 0) is 11.3 Å². The number of hydrogen-bond donors (Lipinski definition) is 0. The van der Waals surface area contributed by atoms with E-state index < -0.39 is 0 Å². The molecule has 0 N–H and O–H groups in total. The minimum absolute atomic E-state index is 0.104. The Morgan fingerprint density at radius 1 is 1.03 bits per heavy atom. The van der Waals surface area contributed by atoms with Crippen LogP contribution in [-0.4, -0.2) is 51.1 Å². The van der Waals surface area contributed by atoms with Crippen molar-refractivity contribution in [2.24, 2.45) is 0 Å². The van der Waals surface area contributed by atoms with Crippen LogP contribution in [0.1, 0.15) is 33.0 Å². The van der Waals surface area contributed by atoms with Crippen LogP contribution in [0.3, 0.4) is 0 Å². The molecule has 0 saturated carbocycles. The minimum atomic E-state index is -0.287. The zero-order valence-electron chi connectivity index (χ0n) is 17.1. The van der Waals surface area contributed by atoms with E-state index in [0.29, 0.717) is 5.56 Å². The van der Waals surface area contributed by atoms with Crippen molar-refractivity contribution >= 4 is 22.7 Å². The highest BCUT2D eigenvalue weighted by Gasteiger charge is 2.28. The molecule has 0 aliphatic carbocycles. The van der Waals surface area contributed by atoms with Crippen molar-refractivity contribution in [1.82, 2.24) is 4.90 Å². The summed E-state index contributed by atoms with van der Waals surface area (Å²) in [5, 5.41) is 1.57. The maximum absolute atomic E-state index is 13.7. The standard InChI is InChI=1S/C25H25FN2O2/c1-27-14-18-13-20(28-8-10-30-11-9-28)4-7-22(18)24(15-27)23-5-2-17-12-19(26)3-6-21(17)25(23)16-29/h2-7,12-13,16,24H,8-11,14-15H2,1H3. The van der Waals surface area contributed by atoms with Gasteiger partial charge in [-0.05, 0) is 58.8 Å². The van der Waals surface area contributed by atoms with Crippen LogP contribution in [0.2, 0.25) is 0 Å². The molecule has 0 amide bonds. The Labute approximate surface area is 175 Å². The minimum Gasteiger partial charge on any atom is -0.378 e. The van der Waals surface area contributed by atoms with Crippen molar-refractivity contribution in [3.8, 4) is 0 Å². The van der Waals surface area contributed by atoms with Crippen LogP contribution in [0.15, 0.2) is 48.5 Å². The summed E-state index contributed by atoms with van der Waals surface area (Å²) in [4.78, 5) is 16.8. The number of likely N-dealkylation sites (N-methyl/N-ethyl adjacent to an activating group) is 1. The topological polar surface area (TPSA) is 32.8 Å². The van der Waals surface area contributed by atoms with Crippen molar-refractivity contribution < 1.29 is 13.9 Å². The van der Waals surface area contributed by atoms with Crippen molar-refractivity contribution in [2.45, 2.75) is 12.5 Å². The van der Waals surface area contributed by atoms with E-state index >= 15 is 0 Å². The number of aldehydes is 1. The van der Waals surface area contributed by atoms with Gasteiger partial charge in [0, 0.05) is 43.3 Å². The van der Waals surface area contributed by atoms with Crippen LogP contribution in [0.4, 0.5) is 10.1 Å². The van der Waals surface area contributed by atoms with E-state index in [9.17, 15) is 9.18 Å². The van der Waals surface area contributed by atoms with Gasteiger partial charge in [-0.15, -0.1) is 0 Å². The van der Waals surface area contributed by atoms with Crippen molar-refractivity contribution in [2.75, 3.05) is 44.8 Å². The molecule has 1 atom stereocenters. The quantitative estimate of drug-likeness (QED) is 0.613. The number of anilines is 1. The summed E-state index contributed by atoms with van der Waals surface area (Å²) in [5.74, 6) is -0.183. The second-order valence-electron chi connectivity index (χ2n) is 8.28. The molecule has 1 fully saturated rings. The van der Waals surface area contributed by atoms with Gasteiger partial charge in [-0.25, -0.2) is 4.39 Å². The lowest BCUT2D eigenvalue weighted by atomic mass is 9.81. The molecule has 1 unspecified atom stereocenters. The third kappa shape index (κ3) is 3.38. The van der Waals surface area contributed by atoms with Gasteiger partial charge in [0.05, 0.1) is 13.2 Å². The number of morpholine rings is 1. The summed E-state index contributed by atoms with van der Waals surface area (Å²) >= 11 is 0. The average Bonchev–Trinajstić information content (AvgIpc) is 2.77. The fourth-order valence-corrected chi connectivity index (χ4v) is 4.90. The first kappa shape index (κ1) is 19.2. The number of carbonyl (C=O) groups is 1. The number of halogens is 1.